The summed E-state index contributed by atoms with van der Waals surface area (Å²) < 4.78 is 5.39. The molecule has 0 N–H and O–H groups in total. The minimum absolute atomic E-state index is 0.327. The van der Waals surface area contributed by atoms with Gasteiger partial charge in [0.2, 0.25) is 5.88 Å². The summed E-state index contributed by atoms with van der Waals surface area (Å²) in [6.07, 6.45) is 1.30. The first kappa shape index (κ1) is 9.12. The van der Waals surface area contributed by atoms with Gasteiger partial charge >= 0.3 is 0 Å². The molecular weight excluding hydrogens is 180 g/mol. The van der Waals surface area contributed by atoms with Gasteiger partial charge in [0.25, 0.3) is 0 Å². The molecule has 1 saturated carbocycles. The number of aromatic nitrogens is 2. The lowest BCUT2D eigenvalue weighted by molar-refractivity contribution is -0.127. The molecule has 0 aliphatic heterocycles. The molecule has 0 aromatic carbocycles. The van der Waals surface area contributed by atoms with E-state index in [9.17, 15) is 4.79 Å². The Bertz CT molecular complexity index is 326. The van der Waals surface area contributed by atoms with Gasteiger partial charge in [-0.2, -0.15) is 5.10 Å². The van der Waals surface area contributed by atoms with Gasteiger partial charge in [-0.05, 0) is 13.0 Å². The molecule has 0 saturated heterocycles. The molecule has 1 aliphatic rings. The summed E-state index contributed by atoms with van der Waals surface area (Å²) >= 11 is 0. The zero-order valence-electron chi connectivity index (χ0n) is 8.06. The molecule has 4 nitrogen and oxygen atoms in total. The number of carbonyl (C=O) groups excluding carboxylic acids is 1. The fraction of sp³-hybridized carbons (Fsp3) is 0.500. The maximum atomic E-state index is 10.7. The highest BCUT2D eigenvalue weighted by Gasteiger charge is 2.26. The number of aryl methyl sites for hydroxylation is 1. The van der Waals surface area contributed by atoms with Crippen LogP contribution in [0, 0.1) is 12.8 Å². The molecule has 0 bridgehead atoms. The molecule has 4 heteroatoms. The van der Waals surface area contributed by atoms with Crippen molar-refractivity contribution in [3.05, 3.63) is 17.8 Å². The van der Waals surface area contributed by atoms with Gasteiger partial charge < -0.3 is 4.74 Å². The standard InChI is InChI=1S/C10H12N2O2/c1-7-2-3-10(12-11-7)14-6-8-4-9(13)5-8/h2-3,8H,4-6H2,1H3. The fourth-order valence-corrected chi connectivity index (χ4v) is 1.37. The number of rotatable bonds is 3. The number of ether oxygens (including phenoxy) is 1. The summed E-state index contributed by atoms with van der Waals surface area (Å²) in [6.45, 7) is 2.45. The van der Waals surface area contributed by atoms with Crippen molar-refractivity contribution in [1.29, 1.82) is 0 Å². The Morgan fingerprint density at radius 3 is 2.79 bits per heavy atom. The Labute approximate surface area is 82.3 Å². The molecule has 1 aromatic heterocycles. The van der Waals surface area contributed by atoms with Crippen LogP contribution in [0.1, 0.15) is 18.5 Å². The van der Waals surface area contributed by atoms with Crippen molar-refractivity contribution in [2.45, 2.75) is 19.8 Å². The molecule has 1 aromatic rings. The minimum Gasteiger partial charge on any atom is -0.476 e. The van der Waals surface area contributed by atoms with E-state index in [1.165, 1.54) is 0 Å². The topological polar surface area (TPSA) is 52.1 Å². The molecule has 1 heterocycles. The summed E-state index contributed by atoms with van der Waals surface area (Å²) in [5, 5.41) is 7.74. The molecule has 74 valence electrons. The van der Waals surface area contributed by atoms with Crippen LogP contribution >= 0.6 is 0 Å². The number of hydrogen-bond acceptors (Lipinski definition) is 4. The predicted molar refractivity (Wildman–Crippen MR) is 50.0 cm³/mol. The number of carbonyl (C=O) groups is 1. The highest BCUT2D eigenvalue weighted by Crippen LogP contribution is 2.23. The molecular formula is C10H12N2O2. The number of hydrogen-bond donors (Lipinski definition) is 0. The van der Waals surface area contributed by atoms with Gasteiger partial charge in [-0.15, -0.1) is 5.10 Å². The summed E-state index contributed by atoms with van der Waals surface area (Å²) in [5.74, 6) is 1.24. The van der Waals surface area contributed by atoms with Crippen LogP contribution < -0.4 is 4.74 Å². The average molecular weight is 192 g/mol. The van der Waals surface area contributed by atoms with Crippen molar-refractivity contribution in [3.8, 4) is 5.88 Å². The Morgan fingerprint density at radius 2 is 2.21 bits per heavy atom. The summed E-state index contributed by atoms with van der Waals surface area (Å²) in [4.78, 5) is 10.7. The van der Waals surface area contributed by atoms with Crippen LogP contribution in [0.4, 0.5) is 0 Å². The van der Waals surface area contributed by atoms with Gasteiger partial charge in [-0.1, -0.05) is 0 Å². The van der Waals surface area contributed by atoms with E-state index in [2.05, 4.69) is 10.2 Å². The second kappa shape index (κ2) is 3.74. The highest BCUT2D eigenvalue weighted by atomic mass is 16.5. The Kier molecular flexibility index (Phi) is 2.43. The summed E-state index contributed by atoms with van der Waals surface area (Å²) in [6, 6.07) is 3.65. The molecule has 1 aliphatic carbocycles. The lowest BCUT2D eigenvalue weighted by Gasteiger charge is -2.23. The first-order valence-corrected chi connectivity index (χ1v) is 4.69. The van der Waals surface area contributed by atoms with Crippen LogP contribution in [0.25, 0.3) is 0 Å². The zero-order valence-corrected chi connectivity index (χ0v) is 8.06. The smallest absolute Gasteiger partial charge is 0.233 e. The maximum Gasteiger partial charge on any atom is 0.233 e. The molecule has 0 unspecified atom stereocenters. The van der Waals surface area contributed by atoms with Gasteiger partial charge in [0.05, 0.1) is 12.3 Å². The first-order chi connectivity index (χ1) is 6.74. The monoisotopic (exact) mass is 192 g/mol. The first-order valence-electron chi connectivity index (χ1n) is 4.69. The SMILES string of the molecule is Cc1ccc(OCC2CC(=O)C2)nn1. The molecule has 0 spiro atoms. The molecule has 2 rings (SSSR count). The van der Waals surface area contributed by atoms with Gasteiger partial charge in [0.1, 0.15) is 5.78 Å². The number of ketones is 1. The van der Waals surface area contributed by atoms with Crippen molar-refractivity contribution in [3.63, 3.8) is 0 Å². The van der Waals surface area contributed by atoms with Crippen molar-refractivity contribution in [1.82, 2.24) is 10.2 Å². The van der Waals surface area contributed by atoms with E-state index in [1.54, 1.807) is 6.07 Å². The van der Waals surface area contributed by atoms with E-state index < -0.39 is 0 Å². The highest BCUT2D eigenvalue weighted by molar-refractivity contribution is 5.84. The van der Waals surface area contributed by atoms with E-state index in [0.29, 0.717) is 37.0 Å². The summed E-state index contributed by atoms with van der Waals surface area (Å²) in [7, 11) is 0. The lowest BCUT2D eigenvalue weighted by atomic mass is 9.85. The molecule has 0 atom stereocenters. The van der Waals surface area contributed by atoms with Crippen molar-refractivity contribution in [2.24, 2.45) is 5.92 Å². The van der Waals surface area contributed by atoms with Crippen molar-refractivity contribution in [2.75, 3.05) is 6.61 Å². The van der Waals surface area contributed by atoms with Crippen LogP contribution in [-0.4, -0.2) is 22.6 Å². The van der Waals surface area contributed by atoms with Crippen LogP contribution in [0.2, 0.25) is 0 Å². The molecule has 0 radical (unpaired) electrons. The van der Waals surface area contributed by atoms with Crippen LogP contribution in [-0.2, 0) is 4.79 Å². The zero-order chi connectivity index (χ0) is 9.97. The molecule has 0 amide bonds. The number of nitrogens with zero attached hydrogens (tertiary/aromatic N) is 2. The Hall–Kier alpha value is -1.45. The van der Waals surface area contributed by atoms with Gasteiger partial charge in [0, 0.05) is 24.8 Å². The maximum absolute atomic E-state index is 10.7. The number of Topliss-reactive ketones (excluding diaryl/α,β-unsaturated/α-hetero) is 1. The Balaban J connectivity index is 1.80. The van der Waals surface area contributed by atoms with Gasteiger partial charge in [-0.25, -0.2) is 0 Å². The van der Waals surface area contributed by atoms with Crippen LogP contribution in [0.5, 0.6) is 5.88 Å². The van der Waals surface area contributed by atoms with E-state index in [-0.39, 0.29) is 0 Å². The van der Waals surface area contributed by atoms with E-state index in [4.69, 9.17) is 4.74 Å². The van der Waals surface area contributed by atoms with Crippen LogP contribution in [0.15, 0.2) is 12.1 Å². The second-order valence-corrected chi connectivity index (χ2v) is 3.64. The van der Waals surface area contributed by atoms with Crippen molar-refractivity contribution < 1.29 is 9.53 Å². The predicted octanol–water partition coefficient (Wildman–Crippen LogP) is 1.14. The van der Waals surface area contributed by atoms with E-state index >= 15 is 0 Å². The van der Waals surface area contributed by atoms with Gasteiger partial charge in [-0.3, -0.25) is 4.79 Å². The third kappa shape index (κ3) is 2.07. The largest absolute Gasteiger partial charge is 0.476 e. The molecule has 14 heavy (non-hydrogen) atoms. The third-order valence-corrected chi connectivity index (χ3v) is 2.27. The van der Waals surface area contributed by atoms with Gasteiger partial charge in [0.15, 0.2) is 0 Å². The Morgan fingerprint density at radius 1 is 1.43 bits per heavy atom. The minimum atomic E-state index is 0.327. The van der Waals surface area contributed by atoms with Crippen molar-refractivity contribution >= 4 is 5.78 Å². The molecule has 1 fully saturated rings. The fourth-order valence-electron chi connectivity index (χ4n) is 1.37. The van der Waals surface area contributed by atoms with Crippen LogP contribution in [0.3, 0.4) is 0 Å². The normalized spacial score (nSPS) is 16.5. The quantitative estimate of drug-likeness (QED) is 0.720. The third-order valence-electron chi connectivity index (χ3n) is 2.27. The lowest BCUT2D eigenvalue weighted by Crippen LogP contribution is -2.28. The van der Waals surface area contributed by atoms with E-state index in [1.807, 2.05) is 13.0 Å². The van der Waals surface area contributed by atoms with E-state index in [0.717, 1.165) is 5.69 Å². The second-order valence-electron chi connectivity index (χ2n) is 3.64. The summed E-state index contributed by atoms with van der Waals surface area (Å²) in [5.41, 5.74) is 0.871. The average Bonchev–Trinajstić information content (AvgIpc) is 2.13.